The normalized spacial score (nSPS) is 10.3. The molecule has 0 saturated heterocycles. The van der Waals surface area contributed by atoms with Crippen LogP contribution in [0.15, 0.2) is 28.8 Å². The Morgan fingerprint density at radius 3 is 2.75 bits per heavy atom. The van der Waals surface area contributed by atoms with Crippen molar-refractivity contribution in [2.45, 2.75) is 13.5 Å². The molecule has 0 radical (unpaired) electrons. The minimum atomic E-state index is -0.199. The summed E-state index contributed by atoms with van der Waals surface area (Å²) in [4.78, 5) is 14.1. The van der Waals surface area contributed by atoms with E-state index >= 15 is 0 Å². The average molecular weight is 274 g/mol. The summed E-state index contributed by atoms with van der Waals surface area (Å²) in [6.07, 6.45) is 0. The van der Waals surface area contributed by atoms with Gasteiger partial charge in [-0.1, -0.05) is 5.16 Å². The molecule has 6 nitrogen and oxygen atoms in total. The fraction of sp³-hybridized carbons (Fsp3) is 0.286. The average Bonchev–Trinajstić information content (AvgIpc) is 2.81. The van der Waals surface area contributed by atoms with Crippen molar-refractivity contribution in [1.29, 1.82) is 0 Å². The third-order valence-electron chi connectivity index (χ3n) is 2.85. The van der Waals surface area contributed by atoms with E-state index in [4.69, 9.17) is 10.3 Å². The number of aromatic nitrogens is 1. The van der Waals surface area contributed by atoms with Gasteiger partial charge in [-0.25, -0.2) is 0 Å². The van der Waals surface area contributed by atoms with E-state index in [1.165, 1.54) is 0 Å². The van der Waals surface area contributed by atoms with Crippen LogP contribution >= 0.6 is 0 Å². The lowest BCUT2D eigenvalue weighted by molar-refractivity contribution is 0.0947. The molecule has 0 aliphatic rings. The summed E-state index contributed by atoms with van der Waals surface area (Å²) < 4.78 is 5.05. The molecule has 20 heavy (non-hydrogen) atoms. The molecule has 0 spiro atoms. The summed E-state index contributed by atoms with van der Waals surface area (Å²) in [6, 6.07) is 7.04. The number of nitrogens with two attached hydrogens (primary N) is 1. The molecule has 1 amide bonds. The molecule has 2 aromatic rings. The summed E-state index contributed by atoms with van der Waals surface area (Å²) in [5.41, 5.74) is 8.43. The van der Waals surface area contributed by atoms with Gasteiger partial charge in [-0.05, 0) is 25.1 Å². The van der Waals surface area contributed by atoms with Crippen molar-refractivity contribution in [3.63, 3.8) is 0 Å². The van der Waals surface area contributed by atoms with Gasteiger partial charge in [-0.2, -0.15) is 0 Å². The van der Waals surface area contributed by atoms with E-state index in [1.54, 1.807) is 18.2 Å². The number of carbonyl (C=O) groups is 1. The quantitative estimate of drug-likeness (QED) is 0.827. The Labute approximate surface area is 117 Å². The SMILES string of the molecule is Cc1cc(CNC(=O)c2cc(N)ccc2N(C)C)on1. The number of nitrogens with zero attached hydrogens (tertiary/aromatic N) is 2. The summed E-state index contributed by atoms with van der Waals surface area (Å²) >= 11 is 0. The molecule has 3 N–H and O–H groups in total. The summed E-state index contributed by atoms with van der Waals surface area (Å²) in [5, 5.41) is 6.57. The van der Waals surface area contributed by atoms with Crippen molar-refractivity contribution in [1.82, 2.24) is 10.5 Å². The maximum atomic E-state index is 12.2. The topological polar surface area (TPSA) is 84.4 Å². The zero-order chi connectivity index (χ0) is 14.7. The van der Waals surface area contributed by atoms with Gasteiger partial charge in [-0.15, -0.1) is 0 Å². The van der Waals surface area contributed by atoms with Crippen molar-refractivity contribution in [3.8, 4) is 0 Å². The Morgan fingerprint density at radius 2 is 2.15 bits per heavy atom. The second-order valence-electron chi connectivity index (χ2n) is 4.79. The van der Waals surface area contributed by atoms with Crippen molar-refractivity contribution in [3.05, 3.63) is 41.3 Å². The minimum Gasteiger partial charge on any atom is -0.399 e. The fourth-order valence-corrected chi connectivity index (χ4v) is 1.89. The van der Waals surface area contributed by atoms with Crippen LogP contribution in [0.2, 0.25) is 0 Å². The smallest absolute Gasteiger partial charge is 0.253 e. The highest BCUT2D eigenvalue weighted by Crippen LogP contribution is 2.21. The highest BCUT2D eigenvalue weighted by Gasteiger charge is 2.14. The largest absolute Gasteiger partial charge is 0.399 e. The van der Waals surface area contributed by atoms with Crippen molar-refractivity contribution >= 4 is 17.3 Å². The van der Waals surface area contributed by atoms with E-state index in [-0.39, 0.29) is 5.91 Å². The predicted molar refractivity (Wildman–Crippen MR) is 77.6 cm³/mol. The first kappa shape index (κ1) is 13.9. The summed E-state index contributed by atoms with van der Waals surface area (Å²) in [5.74, 6) is 0.418. The third kappa shape index (κ3) is 3.09. The van der Waals surface area contributed by atoms with Crippen molar-refractivity contribution < 1.29 is 9.32 Å². The minimum absolute atomic E-state index is 0.199. The maximum absolute atomic E-state index is 12.2. The number of hydrogen-bond donors (Lipinski definition) is 2. The number of amides is 1. The molecule has 1 aromatic heterocycles. The molecule has 0 atom stereocenters. The predicted octanol–water partition coefficient (Wildman–Crippen LogP) is 1.56. The number of benzene rings is 1. The van der Waals surface area contributed by atoms with Gasteiger partial charge in [0.15, 0.2) is 5.76 Å². The number of nitrogen functional groups attached to an aromatic ring is 1. The Kier molecular flexibility index (Phi) is 3.93. The second kappa shape index (κ2) is 5.64. The lowest BCUT2D eigenvalue weighted by atomic mass is 10.1. The Hall–Kier alpha value is -2.50. The van der Waals surface area contributed by atoms with E-state index < -0.39 is 0 Å². The van der Waals surface area contributed by atoms with Gasteiger partial charge in [0.05, 0.1) is 17.8 Å². The van der Waals surface area contributed by atoms with E-state index in [0.717, 1.165) is 11.4 Å². The first-order valence-electron chi connectivity index (χ1n) is 6.24. The zero-order valence-corrected chi connectivity index (χ0v) is 11.8. The molecule has 0 fully saturated rings. The summed E-state index contributed by atoms with van der Waals surface area (Å²) in [6.45, 7) is 2.12. The van der Waals surface area contributed by atoms with Gasteiger partial charge in [0.2, 0.25) is 0 Å². The number of anilines is 2. The van der Waals surface area contributed by atoms with E-state index in [2.05, 4.69) is 10.5 Å². The standard InChI is InChI=1S/C14H18N4O2/c1-9-6-11(20-17-9)8-16-14(19)12-7-10(15)4-5-13(12)18(2)3/h4-7H,8,15H2,1-3H3,(H,16,19). The summed E-state index contributed by atoms with van der Waals surface area (Å²) in [7, 11) is 3.75. The molecule has 6 heteroatoms. The molecule has 106 valence electrons. The number of carbonyl (C=O) groups excluding carboxylic acids is 1. The van der Waals surface area contributed by atoms with Crippen LogP contribution in [0, 0.1) is 6.92 Å². The lowest BCUT2D eigenvalue weighted by Crippen LogP contribution is -2.25. The Morgan fingerprint density at radius 1 is 1.40 bits per heavy atom. The van der Waals surface area contributed by atoms with Gasteiger partial charge in [0, 0.05) is 31.5 Å². The number of rotatable bonds is 4. The van der Waals surface area contributed by atoms with Crippen LogP contribution in [0.4, 0.5) is 11.4 Å². The Bertz CT molecular complexity index is 619. The first-order chi connectivity index (χ1) is 9.47. The van der Waals surface area contributed by atoms with Crippen LogP contribution < -0.4 is 16.0 Å². The monoisotopic (exact) mass is 274 g/mol. The highest BCUT2D eigenvalue weighted by atomic mass is 16.5. The van der Waals surface area contributed by atoms with Crippen LogP contribution in [-0.4, -0.2) is 25.2 Å². The van der Waals surface area contributed by atoms with Crippen molar-refractivity contribution in [2.24, 2.45) is 0 Å². The van der Waals surface area contributed by atoms with Gasteiger partial charge < -0.3 is 20.5 Å². The molecule has 0 saturated carbocycles. The zero-order valence-electron chi connectivity index (χ0n) is 11.8. The molecule has 1 aromatic carbocycles. The van der Waals surface area contributed by atoms with Crippen LogP contribution in [0.5, 0.6) is 0 Å². The maximum Gasteiger partial charge on any atom is 0.253 e. The molecule has 0 aliphatic carbocycles. The van der Waals surface area contributed by atoms with E-state index in [9.17, 15) is 4.79 Å². The Balaban J connectivity index is 2.14. The van der Waals surface area contributed by atoms with Gasteiger partial charge in [0.1, 0.15) is 0 Å². The molecule has 0 unspecified atom stereocenters. The van der Waals surface area contributed by atoms with Crippen LogP contribution in [0.3, 0.4) is 0 Å². The highest BCUT2D eigenvalue weighted by molar-refractivity contribution is 6.00. The molecule has 0 aliphatic heterocycles. The molecule has 0 bridgehead atoms. The van der Waals surface area contributed by atoms with E-state index in [0.29, 0.717) is 23.6 Å². The van der Waals surface area contributed by atoms with Crippen LogP contribution in [0.25, 0.3) is 0 Å². The molecule has 1 heterocycles. The second-order valence-corrected chi connectivity index (χ2v) is 4.79. The van der Waals surface area contributed by atoms with Crippen LogP contribution in [-0.2, 0) is 6.54 Å². The first-order valence-corrected chi connectivity index (χ1v) is 6.24. The lowest BCUT2D eigenvalue weighted by Gasteiger charge is -2.17. The number of nitrogens with one attached hydrogen (secondary N) is 1. The van der Waals surface area contributed by atoms with Gasteiger partial charge >= 0.3 is 0 Å². The van der Waals surface area contributed by atoms with Crippen LogP contribution in [0.1, 0.15) is 21.8 Å². The number of aryl methyl sites for hydroxylation is 1. The number of hydrogen-bond acceptors (Lipinski definition) is 5. The third-order valence-corrected chi connectivity index (χ3v) is 2.85. The van der Waals surface area contributed by atoms with Gasteiger partial charge in [0.25, 0.3) is 5.91 Å². The molecular formula is C14H18N4O2. The fourth-order valence-electron chi connectivity index (χ4n) is 1.89. The van der Waals surface area contributed by atoms with E-state index in [1.807, 2.05) is 32.0 Å². The van der Waals surface area contributed by atoms with Gasteiger partial charge in [-0.3, -0.25) is 4.79 Å². The van der Waals surface area contributed by atoms with Crippen molar-refractivity contribution in [2.75, 3.05) is 24.7 Å². The molecule has 2 rings (SSSR count). The molecular weight excluding hydrogens is 256 g/mol.